The van der Waals surface area contributed by atoms with Crippen molar-refractivity contribution in [1.82, 2.24) is 9.78 Å². The van der Waals surface area contributed by atoms with Crippen LogP contribution in [-0.4, -0.2) is 9.78 Å². The van der Waals surface area contributed by atoms with Gasteiger partial charge >= 0.3 is 0 Å². The van der Waals surface area contributed by atoms with Gasteiger partial charge in [0.25, 0.3) is 0 Å². The van der Waals surface area contributed by atoms with Gasteiger partial charge < -0.3 is 5.73 Å². The van der Waals surface area contributed by atoms with Crippen molar-refractivity contribution in [3.63, 3.8) is 0 Å². The second-order valence-corrected chi connectivity index (χ2v) is 4.13. The Morgan fingerprint density at radius 1 is 1.35 bits per heavy atom. The third-order valence-electron chi connectivity index (χ3n) is 2.99. The molecule has 0 amide bonds. The van der Waals surface area contributed by atoms with Gasteiger partial charge in [-0.15, -0.1) is 0 Å². The highest BCUT2D eigenvalue weighted by atomic mass is 19.1. The predicted molar refractivity (Wildman–Crippen MR) is 66.8 cm³/mol. The summed E-state index contributed by atoms with van der Waals surface area (Å²) in [5.74, 6) is -0.349. The number of nitrogens with zero attached hydrogens (tertiary/aromatic N) is 2. The summed E-state index contributed by atoms with van der Waals surface area (Å²) in [7, 11) is 0. The maximum absolute atomic E-state index is 13.8. The number of benzene rings is 1. The van der Waals surface area contributed by atoms with Crippen LogP contribution in [-0.2, 0) is 6.42 Å². The summed E-state index contributed by atoms with van der Waals surface area (Å²) in [6.07, 6.45) is 0.897. The number of aromatic nitrogens is 2. The monoisotopic (exact) mass is 233 g/mol. The molecule has 1 aromatic carbocycles. The SMILES string of the molecule is CCc1c(C)nn(-c2ccc(N)cc2F)c1C. The molecular formula is C13H16FN3. The van der Waals surface area contributed by atoms with Gasteiger partial charge in [0.2, 0.25) is 0 Å². The molecular weight excluding hydrogens is 217 g/mol. The van der Waals surface area contributed by atoms with Crippen LogP contribution in [0.4, 0.5) is 10.1 Å². The molecule has 2 aromatic rings. The van der Waals surface area contributed by atoms with E-state index < -0.39 is 0 Å². The fraction of sp³-hybridized carbons (Fsp3) is 0.308. The molecule has 4 heteroatoms. The quantitative estimate of drug-likeness (QED) is 0.810. The van der Waals surface area contributed by atoms with E-state index in [9.17, 15) is 4.39 Å². The molecule has 1 aromatic heterocycles. The fourth-order valence-corrected chi connectivity index (χ4v) is 2.12. The molecule has 1 heterocycles. The second kappa shape index (κ2) is 4.20. The topological polar surface area (TPSA) is 43.8 Å². The standard InChI is InChI=1S/C13H16FN3/c1-4-11-8(2)16-17(9(11)3)13-6-5-10(15)7-12(13)14/h5-7H,4,15H2,1-3H3. The highest BCUT2D eigenvalue weighted by Crippen LogP contribution is 2.21. The third kappa shape index (κ3) is 1.90. The van der Waals surface area contributed by atoms with Crippen molar-refractivity contribution >= 4 is 5.69 Å². The van der Waals surface area contributed by atoms with Gasteiger partial charge in [0.1, 0.15) is 5.69 Å². The highest BCUT2D eigenvalue weighted by Gasteiger charge is 2.13. The van der Waals surface area contributed by atoms with Crippen LogP contribution in [0.3, 0.4) is 0 Å². The highest BCUT2D eigenvalue weighted by molar-refractivity contribution is 5.47. The molecule has 0 aliphatic carbocycles. The van der Waals surface area contributed by atoms with E-state index in [1.165, 1.54) is 11.6 Å². The molecule has 0 aliphatic rings. The molecule has 3 nitrogen and oxygen atoms in total. The van der Waals surface area contributed by atoms with E-state index in [2.05, 4.69) is 12.0 Å². The summed E-state index contributed by atoms with van der Waals surface area (Å²) >= 11 is 0. The number of nitrogens with two attached hydrogens (primary N) is 1. The molecule has 0 saturated heterocycles. The van der Waals surface area contributed by atoms with Crippen molar-refractivity contribution < 1.29 is 4.39 Å². The predicted octanol–water partition coefficient (Wildman–Crippen LogP) is 2.77. The van der Waals surface area contributed by atoms with Crippen LogP contribution in [0.25, 0.3) is 5.69 Å². The lowest BCUT2D eigenvalue weighted by molar-refractivity contribution is 0.608. The zero-order valence-electron chi connectivity index (χ0n) is 10.3. The Morgan fingerprint density at radius 3 is 2.59 bits per heavy atom. The first-order chi connectivity index (χ1) is 8.04. The van der Waals surface area contributed by atoms with Gasteiger partial charge in [-0.1, -0.05) is 6.92 Å². The molecule has 17 heavy (non-hydrogen) atoms. The van der Waals surface area contributed by atoms with Crippen molar-refractivity contribution in [2.75, 3.05) is 5.73 Å². The fourth-order valence-electron chi connectivity index (χ4n) is 2.12. The summed E-state index contributed by atoms with van der Waals surface area (Å²) in [6.45, 7) is 5.97. The second-order valence-electron chi connectivity index (χ2n) is 4.13. The lowest BCUT2D eigenvalue weighted by Gasteiger charge is -2.07. The molecule has 0 spiro atoms. The van der Waals surface area contributed by atoms with Crippen LogP contribution in [0.15, 0.2) is 18.2 Å². The molecule has 0 fully saturated rings. The Labute approximate surface area is 100 Å². The summed E-state index contributed by atoms with van der Waals surface area (Å²) in [4.78, 5) is 0. The first-order valence-corrected chi connectivity index (χ1v) is 5.65. The average molecular weight is 233 g/mol. The Morgan fingerprint density at radius 2 is 2.06 bits per heavy atom. The summed E-state index contributed by atoms with van der Waals surface area (Å²) in [6, 6.07) is 4.65. The summed E-state index contributed by atoms with van der Waals surface area (Å²) < 4.78 is 15.5. The summed E-state index contributed by atoms with van der Waals surface area (Å²) in [5.41, 5.74) is 9.49. The Kier molecular flexibility index (Phi) is 2.88. The number of halogens is 1. The van der Waals surface area contributed by atoms with Gasteiger partial charge in [-0.3, -0.25) is 0 Å². The van der Waals surface area contributed by atoms with E-state index in [0.717, 1.165) is 17.8 Å². The smallest absolute Gasteiger partial charge is 0.150 e. The average Bonchev–Trinajstić information content (AvgIpc) is 2.54. The molecule has 0 saturated carbocycles. The van der Waals surface area contributed by atoms with Crippen LogP contribution in [0.1, 0.15) is 23.9 Å². The number of nitrogen functional groups attached to an aromatic ring is 1. The van der Waals surface area contributed by atoms with Crippen molar-refractivity contribution in [3.8, 4) is 5.69 Å². The summed E-state index contributed by atoms with van der Waals surface area (Å²) in [5, 5.41) is 4.38. The minimum absolute atomic E-state index is 0.349. The number of aryl methyl sites for hydroxylation is 1. The zero-order valence-corrected chi connectivity index (χ0v) is 10.3. The molecule has 0 bridgehead atoms. The Hall–Kier alpha value is -1.84. The van der Waals surface area contributed by atoms with Gasteiger partial charge in [0, 0.05) is 11.4 Å². The maximum atomic E-state index is 13.8. The minimum atomic E-state index is -0.349. The molecule has 0 aliphatic heterocycles. The van der Waals surface area contributed by atoms with E-state index in [-0.39, 0.29) is 5.82 Å². The number of hydrogen-bond donors (Lipinski definition) is 1. The first kappa shape index (κ1) is 11.6. The number of anilines is 1. The lowest BCUT2D eigenvalue weighted by atomic mass is 10.1. The molecule has 0 atom stereocenters. The van der Waals surface area contributed by atoms with Crippen LogP contribution in [0.2, 0.25) is 0 Å². The first-order valence-electron chi connectivity index (χ1n) is 5.65. The van der Waals surface area contributed by atoms with Crippen LogP contribution < -0.4 is 5.73 Å². The number of rotatable bonds is 2. The van der Waals surface area contributed by atoms with Gasteiger partial charge in [-0.2, -0.15) is 5.10 Å². The van der Waals surface area contributed by atoms with E-state index in [0.29, 0.717) is 11.4 Å². The van der Waals surface area contributed by atoms with Crippen LogP contribution in [0.5, 0.6) is 0 Å². The minimum Gasteiger partial charge on any atom is -0.399 e. The number of hydrogen-bond acceptors (Lipinski definition) is 2. The van der Waals surface area contributed by atoms with E-state index in [1.54, 1.807) is 16.8 Å². The van der Waals surface area contributed by atoms with Gasteiger partial charge in [-0.25, -0.2) is 9.07 Å². The van der Waals surface area contributed by atoms with Crippen molar-refractivity contribution in [1.29, 1.82) is 0 Å². The Bertz CT molecular complexity index is 558. The van der Waals surface area contributed by atoms with Gasteiger partial charge in [0.05, 0.1) is 5.69 Å². The van der Waals surface area contributed by atoms with E-state index in [4.69, 9.17) is 5.73 Å². The van der Waals surface area contributed by atoms with Gasteiger partial charge in [-0.05, 0) is 44.0 Å². The molecule has 90 valence electrons. The van der Waals surface area contributed by atoms with Crippen molar-refractivity contribution in [2.24, 2.45) is 0 Å². The normalized spacial score (nSPS) is 10.8. The van der Waals surface area contributed by atoms with Crippen molar-refractivity contribution in [3.05, 3.63) is 41.0 Å². The molecule has 0 radical (unpaired) electrons. The maximum Gasteiger partial charge on any atom is 0.150 e. The largest absolute Gasteiger partial charge is 0.399 e. The van der Waals surface area contributed by atoms with E-state index >= 15 is 0 Å². The van der Waals surface area contributed by atoms with E-state index in [1.807, 2.05) is 13.8 Å². The molecule has 0 unspecified atom stereocenters. The van der Waals surface area contributed by atoms with Crippen LogP contribution in [0, 0.1) is 19.7 Å². The van der Waals surface area contributed by atoms with Crippen LogP contribution >= 0.6 is 0 Å². The third-order valence-corrected chi connectivity index (χ3v) is 2.99. The molecule has 2 rings (SSSR count). The van der Waals surface area contributed by atoms with Gasteiger partial charge in [0.15, 0.2) is 5.82 Å². The molecule has 2 N–H and O–H groups in total. The Balaban J connectivity index is 2.61. The zero-order chi connectivity index (χ0) is 12.6. The van der Waals surface area contributed by atoms with Crippen molar-refractivity contribution in [2.45, 2.75) is 27.2 Å². The lowest BCUT2D eigenvalue weighted by Crippen LogP contribution is -2.03.